The van der Waals surface area contributed by atoms with Crippen molar-refractivity contribution in [3.8, 4) is 0 Å². The zero-order valence-corrected chi connectivity index (χ0v) is 12.3. The van der Waals surface area contributed by atoms with Crippen LogP contribution in [0.25, 0.3) is 0 Å². The first kappa shape index (κ1) is 14.7. The lowest BCUT2D eigenvalue weighted by Gasteiger charge is -2.17. The molecule has 20 heavy (non-hydrogen) atoms. The summed E-state index contributed by atoms with van der Waals surface area (Å²) in [6.07, 6.45) is 0. The van der Waals surface area contributed by atoms with E-state index in [2.05, 4.69) is 15.9 Å². The average molecular weight is 340 g/mol. The van der Waals surface area contributed by atoms with Crippen molar-refractivity contribution in [2.75, 3.05) is 7.05 Å². The summed E-state index contributed by atoms with van der Waals surface area (Å²) in [5, 5.41) is 0. The van der Waals surface area contributed by atoms with Gasteiger partial charge in [0.05, 0.1) is 0 Å². The number of hydrogen-bond donors (Lipinski definition) is 0. The lowest BCUT2D eigenvalue weighted by Crippen LogP contribution is -2.26. The standard InChI is InChI=1S/C15H12BrF2NO/c1-19(9-11-4-7-13(17)8-14(11)18)15(20)10-2-5-12(16)6-3-10/h2-8H,9H2,1H3. The van der Waals surface area contributed by atoms with E-state index < -0.39 is 11.6 Å². The van der Waals surface area contributed by atoms with Gasteiger partial charge < -0.3 is 4.90 Å². The van der Waals surface area contributed by atoms with Crippen molar-refractivity contribution < 1.29 is 13.6 Å². The van der Waals surface area contributed by atoms with Gasteiger partial charge in [-0.1, -0.05) is 22.0 Å². The molecule has 1 amide bonds. The number of halogens is 3. The Bertz CT molecular complexity index is 628. The minimum atomic E-state index is -0.652. The smallest absolute Gasteiger partial charge is 0.253 e. The Morgan fingerprint density at radius 3 is 2.40 bits per heavy atom. The zero-order valence-electron chi connectivity index (χ0n) is 10.7. The molecule has 0 atom stereocenters. The predicted octanol–water partition coefficient (Wildman–Crippen LogP) is 4.00. The van der Waals surface area contributed by atoms with Crippen LogP contribution in [0.2, 0.25) is 0 Å². The van der Waals surface area contributed by atoms with Crippen molar-refractivity contribution >= 4 is 21.8 Å². The maximum atomic E-state index is 13.5. The molecule has 0 aromatic heterocycles. The molecule has 0 N–H and O–H groups in total. The average Bonchev–Trinajstić information content (AvgIpc) is 2.42. The van der Waals surface area contributed by atoms with Gasteiger partial charge in [0, 0.05) is 35.3 Å². The highest BCUT2D eigenvalue weighted by Crippen LogP contribution is 2.15. The van der Waals surface area contributed by atoms with E-state index >= 15 is 0 Å². The van der Waals surface area contributed by atoms with Crippen LogP contribution in [0.5, 0.6) is 0 Å². The van der Waals surface area contributed by atoms with E-state index in [1.165, 1.54) is 17.0 Å². The molecule has 2 aromatic rings. The van der Waals surface area contributed by atoms with Crippen LogP contribution in [0.15, 0.2) is 46.9 Å². The van der Waals surface area contributed by atoms with Crippen LogP contribution in [-0.2, 0) is 6.54 Å². The Morgan fingerprint density at radius 2 is 1.80 bits per heavy atom. The van der Waals surface area contributed by atoms with Crippen molar-refractivity contribution in [2.45, 2.75) is 6.54 Å². The van der Waals surface area contributed by atoms with E-state index in [4.69, 9.17) is 0 Å². The molecule has 0 aliphatic carbocycles. The lowest BCUT2D eigenvalue weighted by molar-refractivity contribution is 0.0784. The number of carbonyl (C=O) groups excluding carboxylic acids is 1. The van der Waals surface area contributed by atoms with E-state index in [9.17, 15) is 13.6 Å². The number of rotatable bonds is 3. The number of amides is 1. The minimum absolute atomic E-state index is 0.0843. The third-order valence-corrected chi connectivity index (χ3v) is 3.39. The van der Waals surface area contributed by atoms with E-state index in [1.54, 1.807) is 31.3 Å². The Kier molecular flexibility index (Phi) is 4.49. The molecule has 104 valence electrons. The topological polar surface area (TPSA) is 20.3 Å². The minimum Gasteiger partial charge on any atom is -0.337 e. The molecule has 0 bridgehead atoms. The molecule has 0 heterocycles. The van der Waals surface area contributed by atoms with Crippen molar-refractivity contribution in [1.82, 2.24) is 4.90 Å². The van der Waals surface area contributed by atoms with Crippen molar-refractivity contribution in [1.29, 1.82) is 0 Å². The van der Waals surface area contributed by atoms with E-state index in [1.807, 2.05) is 0 Å². The molecule has 2 rings (SSSR count). The third-order valence-electron chi connectivity index (χ3n) is 2.86. The summed E-state index contributed by atoms with van der Waals surface area (Å²) in [6, 6.07) is 10.2. The summed E-state index contributed by atoms with van der Waals surface area (Å²) in [5.41, 5.74) is 0.789. The summed E-state index contributed by atoms with van der Waals surface area (Å²) < 4.78 is 27.2. The van der Waals surface area contributed by atoms with Gasteiger partial charge in [0.2, 0.25) is 0 Å². The Morgan fingerprint density at radius 1 is 1.15 bits per heavy atom. The lowest BCUT2D eigenvalue weighted by atomic mass is 10.1. The Labute approximate surface area is 124 Å². The molecular weight excluding hydrogens is 328 g/mol. The van der Waals surface area contributed by atoms with Crippen LogP contribution in [0.3, 0.4) is 0 Å². The molecule has 0 unspecified atom stereocenters. The molecule has 5 heteroatoms. The highest BCUT2D eigenvalue weighted by atomic mass is 79.9. The Balaban J connectivity index is 2.13. The molecule has 0 saturated heterocycles. The number of carbonyl (C=O) groups is 1. The quantitative estimate of drug-likeness (QED) is 0.827. The van der Waals surface area contributed by atoms with E-state index in [0.717, 1.165) is 10.5 Å². The number of benzene rings is 2. The monoisotopic (exact) mass is 339 g/mol. The predicted molar refractivity (Wildman–Crippen MR) is 76.3 cm³/mol. The van der Waals surface area contributed by atoms with Crippen LogP contribution in [0.1, 0.15) is 15.9 Å². The summed E-state index contributed by atoms with van der Waals surface area (Å²) in [5.74, 6) is -1.50. The second-order valence-corrected chi connectivity index (χ2v) is 5.32. The fourth-order valence-electron chi connectivity index (χ4n) is 1.79. The molecule has 0 spiro atoms. The highest BCUT2D eigenvalue weighted by molar-refractivity contribution is 9.10. The summed E-state index contributed by atoms with van der Waals surface area (Å²) in [7, 11) is 1.58. The van der Waals surface area contributed by atoms with Gasteiger partial charge in [0.25, 0.3) is 5.91 Å². The SMILES string of the molecule is CN(Cc1ccc(F)cc1F)C(=O)c1ccc(Br)cc1. The van der Waals surface area contributed by atoms with Crippen LogP contribution in [0, 0.1) is 11.6 Å². The van der Waals surface area contributed by atoms with Gasteiger partial charge in [-0.3, -0.25) is 4.79 Å². The van der Waals surface area contributed by atoms with Gasteiger partial charge in [-0.05, 0) is 30.3 Å². The van der Waals surface area contributed by atoms with Gasteiger partial charge in [0.15, 0.2) is 0 Å². The maximum absolute atomic E-state index is 13.5. The van der Waals surface area contributed by atoms with Crippen LogP contribution in [-0.4, -0.2) is 17.9 Å². The fraction of sp³-hybridized carbons (Fsp3) is 0.133. The number of hydrogen-bond acceptors (Lipinski definition) is 1. The second-order valence-electron chi connectivity index (χ2n) is 4.40. The van der Waals surface area contributed by atoms with E-state index in [-0.39, 0.29) is 18.0 Å². The summed E-state index contributed by atoms with van der Waals surface area (Å²) >= 11 is 3.29. The molecular formula is C15H12BrF2NO. The van der Waals surface area contributed by atoms with Crippen LogP contribution >= 0.6 is 15.9 Å². The zero-order chi connectivity index (χ0) is 14.7. The largest absolute Gasteiger partial charge is 0.337 e. The normalized spacial score (nSPS) is 10.4. The molecule has 0 aliphatic heterocycles. The van der Waals surface area contributed by atoms with Gasteiger partial charge in [-0.25, -0.2) is 8.78 Å². The van der Waals surface area contributed by atoms with Gasteiger partial charge in [-0.2, -0.15) is 0 Å². The molecule has 0 aliphatic rings. The van der Waals surface area contributed by atoms with Crippen molar-refractivity contribution in [3.05, 3.63) is 69.7 Å². The first-order chi connectivity index (χ1) is 9.47. The van der Waals surface area contributed by atoms with Crippen LogP contribution in [0.4, 0.5) is 8.78 Å². The van der Waals surface area contributed by atoms with Gasteiger partial charge in [-0.15, -0.1) is 0 Å². The first-order valence-corrected chi connectivity index (χ1v) is 6.71. The highest BCUT2D eigenvalue weighted by Gasteiger charge is 2.14. The van der Waals surface area contributed by atoms with Crippen molar-refractivity contribution in [2.24, 2.45) is 0 Å². The summed E-state index contributed by atoms with van der Waals surface area (Å²) in [4.78, 5) is 13.5. The first-order valence-electron chi connectivity index (χ1n) is 5.92. The fourth-order valence-corrected chi connectivity index (χ4v) is 2.05. The molecule has 0 radical (unpaired) electrons. The number of nitrogens with zero attached hydrogens (tertiary/aromatic N) is 1. The third kappa shape index (κ3) is 3.42. The van der Waals surface area contributed by atoms with E-state index in [0.29, 0.717) is 5.56 Å². The molecule has 0 fully saturated rings. The summed E-state index contributed by atoms with van der Waals surface area (Å²) in [6.45, 7) is 0.0843. The van der Waals surface area contributed by atoms with Crippen LogP contribution < -0.4 is 0 Å². The molecule has 2 nitrogen and oxygen atoms in total. The molecule has 0 saturated carbocycles. The Hall–Kier alpha value is -1.75. The van der Waals surface area contributed by atoms with Gasteiger partial charge in [0.1, 0.15) is 11.6 Å². The maximum Gasteiger partial charge on any atom is 0.253 e. The molecule has 2 aromatic carbocycles. The van der Waals surface area contributed by atoms with Crippen molar-refractivity contribution in [3.63, 3.8) is 0 Å². The van der Waals surface area contributed by atoms with Gasteiger partial charge >= 0.3 is 0 Å². The second kappa shape index (κ2) is 6.13.